The van der Waals surface area contributed by atoms with E-state index in [2.05, 4.69) is 14.8 Å². The van der Waals surface area contributed by atoms with Gasteiger partial charge in [-0.15, -0.1) is 11.3 Å². The molecular formula is C21H24N4O3S. The maximum Gasteiger partial charge on any atom is 0.348 e. The van der Waals surface area contributed by atoms with Gasteiger partial charge in [-0.1, -0.05) is 12.1 Å². The highest BCUT2D eigenvalue weighted by Gasteiger charge is 2.25. The molecule has 1 fully saturated rings. The normalized spacial score (nSPS) is 15.1. The molecule has 29 heavy (non-hydrogen) atoms. The van der Waals surface area contributed by atoms with Crippen molar-refractivity contribution in [2.45, 2.75) is 20.4 Å². The molecule has 1 N–H and O–H groups in total. The van der Waals surface area contributed by atoms with Crippen LogP contribution in [0.3, 0.4) is 0 Å². The number of phenolic OH excluding ortho intramolecular Hbond substituents is 1. The summed E-state index contributed by atoms with van der Waals surface area (Å²) in [5, 5.41) is 10.6. The number of carbonyl (C=O) groups excluding carboxylic acids is 1. The van der Waals surface area contributed by atoms with E-state index in [1.165, 1.54) is 18.4 Å². The number of rotatable bonds is 4. The van der Waals surface area contributed by atoms with Crippen LogP contribution in [0.5, 0.6) is 5.75 Å². The van der Waals surface area contributed by atoms with Gasteiger partial charge >= 0.3 is 5.97 Å². The number of hydrogen-bond donors (Lipinski definition) is 1. The van der Waals surface area contributed by atoms with Gasteiger partial charge in [0.1, 0.15) is 27.1 Å². The minimum Gasteiger partial charge on any atom is -0.508 e. The predicted octanol–water partition coefficient (Wildman–Crippen LogP) is 3.12. The smallest absolute Gasteiger partial charge is 0.348 e. The molecule has 0 radical (unpaired) electrons. The van der Waals surface area contributed by atoms with Crippen LogP contribution in [-0.4, -0.2) is 59.2 Å². The molecule has 1 aliphatic heterocycles. The first kappa shape index (κ1) is 19.6. The molecule has 0 aliphatic carbocycles. The van der Waals surface area contributed by atoms with Crippen LogP contribution in [0.15, 0.2) is 24.3 Å². The Labute approximate surface area is 173 Å². The number of benzene rings is 1. The minimum absolute atomic E-state index is 0.300. The molecule has 0 bridgehead atoms. The molecule has 1 aliphatic rings. The quantitative estimate of drug-likeness (QED) is 0.660. The van der Waals surface area contributed by atoms with Gasteiger partial charge in [-0.05, 0) is 37.1 Å². The lowest BCUT2D eigenvalue weighted by molar-refractivity contribution is 0.0605. The molecule has 152 valence electrons. The van der Waals surface area contributed by atoms with Gasteiger partial charge < -0.3 is 14.7 Å². The van der Waals surface area contributed by atoms with E-state index in [9.17, 15) is 9.90 Å². The topological polar surface area (TPSA) is 78.8 Å². The first-order valence-corrected chi connectivity index (χ1v) is 10.4. The average molecular weight is 413 g/mol. The largest absolute Gasteiger partial charge is 0.508 e. The van der Waals surface area contributed by atoms with Crippen molar-refractivity contribution in [3.63, 3.8) is 0 Å². The van der Waals surface area contributed by atoms with Crippen LogP contribution in [0, 0.1) is 13.8 Å². The number of carbonyl (C=O) groups is 1. The highest BCUT2D eigenvalue weighted by molar-refractivity contribution is 7.20. The fourth-order valence-electron chi connectivity index (χ4n) is 3.77. The summed E-state index contributed by atoms with van der Waals surface area (Å²) in [6, 6.07) is 7.41. The van der Waals surface area contributed by atoms with Gasteiger partial charge in [-0.25, -0.2) is 14.8 Å². The summed E-state index contributed by atoms with van der Waals surface area (Å²) in [7, 11) is 1.40. The summed E-state index contributed by atoms with van der Waals surface area (Å²) < 4.78 is 4.93. The Kier molecular flexibility index (Phi) is 5.38. The molecule has 4 rings (SSSR count). The van der Waals surface area contributed by atoms with Crippen molar-refractivity contribution in [2.24, 2.45) is 0 Å². The molecule has 2 aromatic heterocycles. The summed E-state index contributed by atoms with van der Waals surface area (Å²) in [5.41, 5.74) is 1.99. The Morgan fingerprint density at radius 1 is 1.21 bits per heavy atom. The van der Waals surface area contributed by atoms with Crippen molar-refractivity contribution in [2.75, 3.05) is 38.2 Å². The lowest BCUT2D eigenvalue weighted by Crippen LogP contribution is -2.46. The molecule has 7 nitrogen and oxygen atoms in total. The fraction of sp³-hybridized carbons (Fsp3) is 0.381. The SMILES string of the molecule is COC(=O)c1sc2nc(C)nc(N3CCN(Cc4cccc(O)c4)CC3)c2c1C. The number of aromatic hydroxyl groups is 1. The third-order valence-electron chi connectivity index (χ3n) is 5.24. The molecule has 0 unspecified atom stereocenters. The number of methoxy groups -OCH3 is 1. The summed E-state index contributed by atoms with van der Waals surface area (Å²) >= 11 is 1.37. The number of ether oxygens (including phenoxy) is 1. The van der Waals surface area contributed by atoms with Crippen molar-refractivity contribution >= 4 is 33.3 Å². The van der Waals surface area contributed by atoms with Crippen LogP contribution >= 0.6 is 11.3 Å². The Bertz CT molecular complexity index is 1060. The van der Waals surface area contributed by atoms with E-state index < -0.39 is 0 Å². The molecule has 1 saturated heterocycles. The zero-order valence-electron chi connectivity index (χ0n) is 16.8. The Morgan fingerprint density at radius 3 is 2.66 bits per heavy atom. The van der Waals surface area contributed by atoms with Gasteiger partial charge in [0.15, 0.2) is 0 Å². The van der Waals surface area contributed by atoms with E-state index in [0.29, 0.717) is 16.5 Å². The second-order valence-electron chi connectivity index (χ2n) is 7.26. The third-order valence-corrected chi connectivity index (χ3v) is 6.41. The number of anilines is 1. The van der Waals surface area contributed by atoms with Crippen molar-refractivity contribution in [1.29, 1.82) is 0 Å². The monoisotopic (exact) mass is 412 g/mol. The standard InChI is InChI=1S/C21H24N4O3S/c1-13-17-19(22-14(2)23-20(17)29-18(13)21(27)28-3)25-9-7-24(8-10-25)12-15-5-4-6-16(26)11-15/h4-6,11,26H,7-10,12H2,1-3H3. The highest BCUT2D eigenvalue weighted by atomic mass is 32.1. The maximum atomic E-state index is 12.1. The number of aromatic nitrogens is 2. The van der Waals surface area contributed by atoms with Gasteiger partial charge in [0.05, 0.1) is 12.5 Å². The number of nitrogens with zero attached hydrogens (tertiary/aromatic N) is 4. The Balaban J connectivity index is 1.56. The van der Waals surface area contributed by atoms with Gasteiger partial charge in [0, 0.05) is 32.7 Å². The number of hydrogen-bond acceptors (Lipinski definition) is 8. The minimum atomic E-state index is -0.329. The maximum absolute atomic E-state index is 12.1. The number of fused-ring (bicyclic) bond motifs is 1. The van der Waals surface area contributed by atoms with E-state index in [1.54, 1.807) is 6.07 Å². The second-order valence-corrected chi connectivity index (χ2v) is 8.25. The van der Waals surface area contributed by atoms with Crippen LogP contribution in [0.1, 0.15) is 26.6 Å². The molecular weight excluding hydrogens is 388 g/mol. The number of thiophene rings is 1. The van der Waals surface area contributed by atoms with Crippen molar-refractivity contribution < 1.29 is 14.6 Å². The van der Waals surface area contributed by atoms with Crippen LogP contribution in [0.25, 0.3) is 10.2 Å². The van der Waals surface area contributed by atoms with Gasteiger partial charge in [0.25, 0.3) is 0 Å². The summed E-state index contributed by atoms with van der Waals surface area (Å²) in [6.45, 7) is 8.10. The van der Waals surface area contributed by atoms with Crippen LogP contribution in [0.4, 0.5) is 5.82 Å². The predicted molar refractivity (Wildman–Crippen MR) is 114 cm³/mol. The van der Waals surface area contributed by atoms with E-state index >= 15 is 0 Å². The van der Waals surface area contributed by atoms with Crippen LogP contribution < -0.4 is 4.90 Å². The van der Waals surface area contributed by atoms with E-state index in [1.807, 2.05) is 32.0 Å². The molecule has 0 atom stereocenters. The van der Waals surface area contributed by atoms with Crippen molar-refractivity contribution in [3.8, 4) is 5.75 Å². The molecule has 3 heterocycles. The Hall–Kier alpha value is -2.71. The number of esters is 1. The first-order chi connectivity index (χ1) is 14.0. The fourth-order valence-corrected chi connectivity index (χ4v) is 4.91. The molecule has 0 saturated carbocycles. The van der Waals surface area contributed by atoms with E-state index in [0.717, 1.165) is 59.9 Å². The lowest BCUT2D eigenvalue weighted by atomic mass is 10.1. The zero-order valence-corrected chi connectivity index (χ0v) is 17.6. The second kappa shape index (κ2) is 7.96. The van der Waals surface area contributed by atoms with Crippen molar-refractivity contribution in [3.05, 3.63) is 46.1 Å². The summed E-state index contributed by atoms with van der Waals surface area (Å²) in [5.74, 6) is 1.57. The molecule has 3 aromatic rings. The molecule has 0 spiro atoms. The van der Waals surface area contributed by atoms with Gasteiger partial charge in [-0.3, -0.25) is 4.90 Å². The summed E-state index contributed by atoms with van der Waals surface area (Å²) in [6.07, 6.45) is 0. The molecule has 8 heteroatoms. The van der Waals surface area contributed by atoms with Gasteiger partial charge in [-0.2, -0.15) is 0 Å². The zero-order chi connectivity index (χ0) is 20.5. The van der Waals surface area contributed by atoms with Crippen molar-refractivity contribution in [1.82, 2.24) is 14.9 Å². The average Bonchev–Trinajstić information content (AvgIpc) is 3.03. The van der Waals surface area contributed by atoms with E-state index in [4.69, 9.17) is 9.72 Å². The first-order valence-electron chi connectivity index (χ1n) is 9.57. The lowest BCUT2D eigenvalue weighted by Gasteiger charge is -2.35. The van der Waals surface area contributed by atoms with Gasteiger partial charge in [0.2, 0.25) is 0 Å². The molecule has 0 amide bonds. The highest BCUT2D eigenvalue weighted by Crippen LogP contribution is 2.36. The third kappa shape index (κ3) is 3.90. The molecule has 1 aromatic carbocycles. The number of phenols is 1. The van der Waals surface area contributed by atoms with E-state index in [-0.39, 0.29) is 5.97 Å². The van der Waals surface area contributed by atoms with Crippen LogP contribution in [-0.2, 0) is 11.3 Å². The summed E-state index contributed by atoms with van der Waals surface area (Å²) in [4.78, 5) is 27.5. The Morgan fingerprint density at radius 2 is 1.97 bits per heavy atom. The van der Waals surface area contributed by atoms with Crippen LogP contribution in [0.2, 0.25) is 0 Å². The number of aryl methyl sites for hydroxylation is 2. The number of piperazine rings is 1.